The zero-order valence-corrected chi connectivity index (χ0v) is 36.8. The predicted molar refractivity (Wildman–Crippen MR) is 230 cm³/mol. The van der Waals surface area contributed by atoms with Crippen LogP contribution in [-0.4, -0.2) is 127 Å². The summed E-state index contributed by atoms with van der Waals surface area (Å²) < 4.78 is 73.5. The molecule has 0 aliphatic carbocycles. The molecule has 0 spiro atoms. The van der Waals surface area contributed by atoms with E-state index in [1.807, 2.05) is 72.8 Å². The van der Waals surface area contributed by atoms with E-state index in [0.29, 0.717) is 43.9 Å². The van der Waals surface area contributed by atoms with Gasteiger partial charge in [0, 0.05) is 73.5 Å². The number of aldehydes is 1. The normalized spacial score (nSPS) is 13.0. The third kappa shape index (κ3) is 18.3. The number of amides is 5. The van der Waals surface area contributed by atoms with Gasteiger partial charge in [-0.2, -0.15) is 24.9 Å². The maximum Gasteiger partial charge on any atom is 0.446 e. The lowest BCUT2D eigenvalue weighted by atomic mass is 9.83. The van der Waals surface area contributed by atoms with E-state index in [0.717, 1.165) is 40.4 Å². The van der Waals surface area contributed by atoms with Crippen molar-refractivity contribution in [2.75, 3.05) is 70.7 Å². The van der Waals surface area contributed by atoms with Crippen molar-refractivity contribution in [3.05, 3.63) is 95.8 Å². The molecule has 0 radical (unpaired) electrons. The Balaban J connectivity index is 0.00000169. The number of imide groups is 1. The van der Waals surface area contributed by atoms with Crippen molar-refractivity contribution in [2.45, 2.75) is 52.4 Å². The van der Waals surface area contributed by atoms with Crippen LogP contribution in [0.15, 0.2) is 72.9 Å². The molecule has 1 aromatic heterocycles. The molecule has 0 fully saturated rings. The molecule has 4 rings (SSSR count). The molecule has 1 atom stereocenters. The lowest BCUT2D eigenvalue weighted by Gasteiger charge is -2.41. The molecule has 4 N–H and O–H groups in total. The molecule has 0 saturated heterocycles. The first-order chi connectivity index (χ1) is 30.3. The minimum atomic E-state index is -4.64. The first-order valence-corrected chi connectivity index (χ1v) is 21.5. The number of halogens is 5. The Morgan fingerprint density at radius 3 is 2.08 bits per heavy atom. The number of thioether (sulfide) groups is 1. The largest absolute Gasteiger partial charge is 0.446 e. The smallest absolute Gasteiger partial charge is 0.377 e. The predicted octanol–water partition coefficient (Wildman–Crippen LogP) is 4.81. The maximum absolute atomic E-state index is 15.1. The fourth-order valence-electron chi connectivity index (χ4n) is 6.40. The average molecular weight is 923 g/mol. The molecule has 2 aromatic carbocycles. The number of hydrogen-bond donors (Lipinski definition) is 3. The summed E-state index contributed by atoms with van der Waals surface area (Å²) in [4.78, 5) is 72.9. The highest BCUT2D eigenvalue weighted by Crippen LogP contribution is 2.41. The highest BCUT2D eigenvalue weighted by atomic mass is 32.2. The molecule has 20 heteroatoms. The van der Waals surface area contributed by atoms with Crippen molar-refractivity contribution in [3.8, 4) is 11.1 Å². The Kier molecular flexibility index (Phi) is 21.8. The summed E-state index contributed by atoms with van der Waals surface area (Å²) in [5, 5.41) is 5.38. The summed E-state index contributed by atoms with van der Waals surface area (Å²) in [7, 11) is 0. The van der Waals surface area contributed by atoms with Crippen LogP contribution in [0.4, 0.5) is 22.0 Å². The monoisotopic (exact) mass is 922 g/mol. The maximum atomic E-state index is 15.1. The van der Waals surface area contributed by atoms with Crippen molar-refractivity contribution < 1.29 is 60.2 Å². The van der Waals surface area contributed by atoms with E-state index in [4.69, 9.17) is 20.0 Å². The highest BCUT2D eigenvalue weighted by molar-refractivity contribution is 7.99. The second-order valence-electron chi connectivity index (χ2n) is 15.4. The fourth-order valence-corrected chi connectivity index (χ4v) is 7.22. The molecule has 1 aliphatic rings. The highest BCUT2D eigenvalue weighted by Gasteiger charge is 2.37. The topological polar surface area (TPSA) is 182 Å². The van der Waals surface area contributed by atoms with Crippen molar-refractivity contribution in [2.24, 2.45) is 11.1 Å². The van der Waals surface area contributed by atoms with Crippen LogP contribution in [0, 0.1) is 17.0 Å². The summed E-state index contributed by atoms with van der Waals surface area (Å²) in [5.41, 5.74) is 7.91. The number of nitrogens with one attached hydrogen (secondary N) is 2. The van der Waals surface area contributed by atoms with E-state index in [-0.39, 0.29) is 69.1 Å². The van der Waals surface area contributed by atoms with Crippen molar-refractivity contribution in [3.63, 3.8) is 0 Å². The lowest BCUT2D eigenvalue weighted by molar-refractivity contribution is -0.156. The number of nitrogens with zero attached hydrogens (tertiary/aromatic N) is 3. The molecule has 0 bridgehead atoms. The van der Waals surface area contributed by atoms with Crippen molar-refractivity contribution >= 4 is 47.6 Å². The van der Waals surface area contributed by atoms with E-state index < -0.39 is 53.3 Å². The summed E-state index contributed by atoms with van der Waals surface area (Å²) in [6, 6.07) is 14.6. The Hall–Kier alpha value is -5.44. The van der Waals surface area contributed by atoms with Crippen LogP contribution in [0.1, 0.15) is 50.9 Å². The number of carbonyl (C=O) groups excluding carboxylic acids is 6. The Labute approximate surface area is 373 Å². The molecular formula is C44H55F5N6O8S. The van der Waals surface area contributed by atoms with Gasteiger partial charge in [-0.25, -0.2) is 8.78 Å². The first kappa shape index (κ1) is 52.9. The molecule has 3 aromatic rings. The van der Waals surface area contributed by atoms with E-state index in [1.165, 1.54) is 17.8 Å². The Morgan fingerprint density at radius 1 is 0.891 bits per heavy atom. The van der Waals surface area contributed by atoms with Gasteiger partial charge in [0.05, 0.1) is 38.2 Å². The van der Waals surface area contributed by atoms with Crippen molar-refractivity contribution in [1.29, 1.82) is 0 Å². The molecule has 2 heterocycles. The third-order valence-corrected chi connectivity index (χ3v) is 10.2. The van der Waals surface area contributed by atoms with Crippen LogP contribution in [0.3, 0.4) is 0 Å². The van der Waals surface area contributed by atoms with E-state index in [9.17, 15) is 41.5 Å². The SMILES string of the molecule is CC(C)(C)C(c1cc(-c2cc(F)ccc2F)cn1Cc1ccccc1)N(CCCN)C(=O)CSCCC(=O)NCCOCCOCCNC(=O)CN1C(=O)C=CC1=O.O=CC(F)(F)F. The quantitative estimate of drug-likeness (QED) is 0.0489. The van der Waals surface area contributed by atoms with Gasteiger partial charge < -0.3 is 35.3 Å². The molecule has 1 aliphatic heterocycles. The van der Waals surface area contributed by atoms with Crippen molar-refractivity contribution in [1.82, 2.24) is 25.0 Å². The summed E-state index contributed by atoms with van der Waals surface area (Å²) in [6.07, 6.45) is -0.884. The second-order valence-corrected chi connectivity index (χ2v) is 16.5. The van der Waals surface area contributed by atoms with Gasteiger partial charge in [-0.1, -0.05) is 51.1 Å². The van der Waals surface area contributed by atoms with Crippen LogP contribution in [-0.2, 0) is 44.8 Å². The van der Waals surface area contributed by atoms with Gasteiger partial charge in [0.2, 0.25) is 24.0 Å². The number of alkyl halides is 3. The zero-order valence-electron chi connectivity index (χ0n) is 36.0. The fraction of sp³-hybridized carbons (Fsp3) is 0.455. The summed E-state index contributed by atoms with van der Waals surface area (Å²) in [6.45, 7) is 8.55. The van der Waals surface area contributed by atoms with Gasteiger partial charge in [-0.3, -0.25) is 33.7 Å². The van der Waals surface area contributed by atoms with E-state index in [1.54, 1.807) is 0 Å². The summed E-state index contributed by atoms with van der Waals surface area (Å²) >= 11 is 1.36. The van der Waals surface area contributed by atoms with Gasteiger partial charge in [0.25, 0.3) is 11.8 Å². The minimum Gasteiger partial charge on any atom is -0.377 e. The third-order valence-electron chi connectivity index (χ3n) is 9.24. The van der Waals surface area contributed by atoms with Gasteiger partial charge >= 0.3 is 6.18 Å². The Morgan fingerprint density at radius 2 is 1.50 bits per heavy atom. The van der Waals surface area contributed by atoms with Gasteiger partial charge in [-0.05, 0) is 48.2 Å². The van der Waals surface area contributed by atoms with Gasteiger partial charge in [-0.15, -0.1) is 0 Å². The zero-order chi connectivity index (χ0) is 47.3. The number of benzene rings is 2. The molecular weight excluding hydrogens is 868 g/mol. The minimum absolute atomic E-state index is 0.115. The van der Waals surface area contributed by atoms with E-state index >= 15 is 4.39 Å². The molecule has 0 saturated carbocycles. The Bertz CT molecular complexity index is 2030. The number of hydrogen-bond acceptors (Lipinski definition) is 10. The first-order valence-electron chi connectivity index (χ1n) is 20.4. The molecule has 64 heavy (non-hydrogen) atoms. The summed E-state index contributed by atoms with van der Waals surface area (Å²) in [5.74, 6) is -2.34. The molecule has 5 amide bonds. The molecule has 1 unspecified atom stereocenters. The average Bonchev–Trinajstić information content (AvgIpc) is 3.79. The number of nitrogens with two attached hydrogens (primary N) is 1. The van der Waals surface area contributed by atoms with Gasteiger partial charge in [0.15, 0.2) is 0 Å². The number of carbonyl (C=O) groups is 6. The number of rotatable bonds is 24. The lowest BCUT2D eigenvalue weighted by Crippen LogP contribution is -2.44. The van der Waals surface area contributed by atoms with Crippen LogP contribution < -0.4 is 16.4 Å². The van der Waals surface area contributed by atoms with E-state index in [2.05, 4.69) is 10.6 Å². The molecule has 350 valence electrons. The second kappa shape index (κ2) is 26.4. The molecule has 14 nitrogen and oxygen atoms in total. The van der Waals surface area contributed by atoms with Gasteiger partial charge in [0.1, 0.15) is 18.2 Å². The van der Waals surface area contributed by atoms with Crippen LogP contribution >= 0.6 is 11.8 Å². The van der Waals surface area contributed by atoms with Crippen LogP contribution in [0.25, 0.3) is 11.1 Å². The number of aromatic nitrogens is 1. The van der Waals surface area contributed by atoms with Crippen LogP contribution in [0.5, 0.6) is 0 Å². The number of ether oxygens (including phenoxy) is 2. The van der Waals surface area contributed by atoms with Crippen LogP contribution in [0.2, 0.25) is 0 Å². The standard InChI is InChI=1S/C42H54F2N6O7S.C2HF3O/c1-42(2,3)41(35-24-31(33-25-32(43)10-11-34(33)44)27-48(35)26-30-8-5-4-6-9-30)49(18-7-15-45)40(55)29-58-23-14-36(51)46-16-19-56-21-22-57-20-17-47-37(52)28-50-38(53)12-13-39(50)54;3-2(4,5)1-6/h4-6,8-13,24-25,27,41H,7,14-23,26,28-29,45H2,1-3H3,(H,46,51)(H,47,52);1H.